The lowest BCUT2D eigenvalue weighted by molar-refractivity contribution is -0.132. The zero-order valence-electron chi connectivity index (χ0n) is 16.7. The van der Waals surface area contributed by atoms with Crippen LogP contribution < -0.4 is 5.14 Å². The molecule has 158 valence electrons. The van der Waals surface area contributed by atoms with Crippen LogP contribution in [0.25, 0.3) is 10.4 Å². The van der Waals surface area contributed by atoms with Gasteiger partial charge in [0, 0.05) is 15.8 Å². The Kier molecular flexibility index (Phi) is 6.70. The molecule has 0 saturated heterocycles. The molecule has 0 spiro atoms. The van der Waals surface area contributed by atoms with E-state index in [1.54, 1.807) is 40.5 Å². The Bertz CT molecular complexity index is 1120. The maximum Gasteiger partial charge on any atom is 0.238 e. The average molecular weight is 447 g/mol. The quantitative estimate of drug-likeness (QED) is 0.591. The summed E-state index contributed by atoms with van der Waals surface area (Å²) in [6.07, 6.45) is 0.166. The molecule has 3 aromatic rings. The molecule has 3 rings (SSSR count). The summed E-state index contributed by atoms with van der Waals surface area (Å²) in [7, 11) is -3.76. The summed E-state index contributed by atoms with van der Waals surface area (Å²) in [5.41, 5.74) is 1.65. The number of halogens is 1. The minimum Gasteiger partial charge on any atom is -0.335 e. The number of carbonyl (C=O) groups excluding carboxylic acids is 1. The molecule has 0 aliphatic rings. The fourth-order valence-electron chi connectivity index (χ4n) is 3.03. The molecule has 0 atom stereocenters. The van der Waals surface area contributed by atoms with Crippen LogP contribution in [0.2, 0.25) is 0 Å². The first-order valence-corrected chi connectivity index (χ1v) is 11.8. The summed E-state index contributed by atoms with van der Waals surface area (Å²) in [6.45, 7) is 4.38. The van der Waals surface area contributed by atoms with Crippen molar-refractivity contribution in [3.63, 3.8) is 0 Å². The Morgan fingerprint density at radius 1 is 1.03 bits per heavy atom. The Hall–Kier alpha value is -2.55. The van der Waals surface area contributed by atoms with Crippen LogP contribution in [0, 0.1) is 5.82 Å². The van der Waals surface area contributed by atoms with E-state index >= 15 is 0 Å². The average Bonchev–Trinajstić information content (AvgIpc) is 3.15. The summed E-state index contributed by atoms with van der Waals surface area (Å²) < 4.78 is 35.9. The van der Waals surface area contributed by atoms with Gasteiger partial charge in [0.25, 0.3) is 0 Å². The topological polar surface area (TPSA) is 80.5 Å². The van der Waals surface area contributed by atoms with E-state index in [4.69, 9.17) is 5.14 Å². The van der Waals surface area contributed by atoms with E-state index in [1.807, 2.05) is 26.0 Å². The maximum absolute atomic E-state index is 13.1. The van der Waals surface area contributed by atoms with Crippen molar-refractivity contribution >= 4 is 27.3 Å². The molecule has 0 fully saturated rings. The molecular formula is C22H23FN2O3S2. The number of benzene rings is 2. The van der Waals surface area contributed by atoms with Crippen LogP contribution in [0.3, 0.4) is 0 Å². The highest BCUT2D eigenvalue weighted by molar-refractivity contribution is 7.89. The lowest BCUT2D eigenvalue weighted by Gasteiger charge is -2.26. The third-order valence-corrected chi connectivity index (χ3v) is 6.72. The second kappa shape index (κ2) is 9.07. The number of nitrogens with zero attached hydrogens (tertiary/aromatic N) is 1. The normalized spacial score (nSPS) is 11.6. The molecule has 0 aliphatic heterocycles. The largest absolute Gasteiger partial charge is 0.335 e. The predicted molar refractivity (Wildman–Crippen MR) is 117 cm³/mol. The second-order valence-electron chi connectivity index (χ2n) is 7.25. The van der Waals surface area contributed by atoms with Gasteiger partial charge in [-0.2, -0.15) is 0 Å². The minimum atomic E-state index is -3.76. The van der Waals surface area contributed by atoms with E-state index in [2.05, 4.69) is 0 Å². The molecule has 0 radical (unpaired) electrons. The van der Waals surface area contributed by atoms with Gasteiger partial charge in [-0.1, -0.05) is 24.3 Å². The minimum absolute atomic E-state index is 0.00226. The predicted octanol–water partition coefficient (Wildman–Crippen LogP) is 4.18. The molecule has 5 nitrogen and oxygen atoms in total. The summed E-state index contributed by atoms with van der Waals surface area (Å²) in [5, 5.41) is 5.11. The molecule has 0 saturated carbocycles. The first kappa shape index (κ1) is 22.1. The fraction of sp³-hybridized carbons (Fsp3) is 0.227. The molecule has 1 amide bonds. The van der Waals surface area contributed by atoms with E-state index < -0.39 is 10.0 Å². The summed E-state index contributed by atoms with van der Waals surface area (Å²) in [4.78, 5) is 16.7. The van der Waals surface area contributed by atoms with E-state index in [0.717, 1.165) is 20.9 Å². The number of hydrogen-bond donors (Lipinski definition) is 1. The van der Waals surface area contributed by atoms with Gasteiger partial charge in [-0.3, -0.25) is 4.79 Å². The third-order valence-electron chi connectivity index (χ3n) is 4.67. The van der Waals surface area contributed by atoms with Crippen LogP contribution in [-0.2, 0) is 27.8 Å². The Morgan fingerprint density at radius 2 is 1.67 bits per heavy atom. The maximum atomic E-state index is 13.1. The summed E-state index contributed by atoms with van der Waals surface area (Å²) in [6, 6.07) is 16.3. The number of thiophene rings is 1. The van der Waals surface area contributed by atoms with Crippen LogP contribution in [-0.4, -0.2) is 25.3 Å². The molecule has 1 aromatic heterocycles. The number of nitrogens with two attached hydrogens (primary N) is 1. The lowest BCUT2D eigenvalue weighted by Crippen LogP contribution is -2.37. The van der Waals surface area contributed by atoms with Crippen molar-refractivity contribution in [2.24, 2.45) is 5.14 Å². The highest BCUT2D eigenvalue weighted by Crippen LogP contribution is 2.29. The number of amides is 1. The van der Waals surface area contributed by atoms with Crippen molar-refractivity contribution in [2.45, 2.75) is 37.8 Å². The van der Waals surface area contributed by atoms with Crippen LogP contribution in [0.4, 0.5) is 4.39 Å². The Morgan fingerprint density at radius 3 is 2.23 bits per heavy atom. The van der Waals surface area contributed by atoms with Crippen molar-refractivity contribution in [1.82, 2.24) is 4.90 Å². The van der Waals surface area contributed by atoms with Crippen LogP contribution in [0.15, 0.2) is 65.6 Å². The van der Waals surface area contributed by atoms with Gasteiger partial charge in [0.2, 0.25) is 15.9 Å². The van der Waals surface area contributed by atoms with Gasteiger partial charge in [0.1, 0.15) is 5.82 Å². The monoisotopic (exact) mass is 446 g/mol. The lowest BCUT2D eigenvalue weighted by atomic mass is 10.1. The van der Waals surface area contributed by atoms with Gasteiger partial charge in [-0.15, -0.1) is 11.3 Å². The number of sulfonamides is 1. The van der Waals surface area contributed by atoms with E-state index in [9.17, 15) is 17.6 Å². The number of rotatable bonds is 7. The summed E-state index contributed by atoms with van der Waals surface area (Å²) >= 11 is 1.57. The molecule has 2 N–H and O–H groups in total. The third kappa shape index (κ3) is 5.53. The summed E-state index contributed by atoms with van der Waals surface area (Å²) in [5.74, 6) is -0.325. The van der Waals surface area contributed by atoms with Crippen molar-refractivity contribution in [3.8, 4) is 10.4 Å². The first-order chi connectivity index (χ1) is 14.1. The van der Waals surface area contributed by atoms with Crippen LogP contribution in [0.1, 0.15) is 24.3 Å². The van der Waals surface area contributed by atoms with Gasteiger partial charge in [0.05, 0.1) is 17.9 Å². The second-order valence-corrected chi connectivity index (χ2v) is 9.98. The first-order valence-electron chi connectivity index (χ1n) is 9.39. The highest BCUT2D eigenvalue weighted by atomic mass is 32.2. The molecule has 2 aromatic carbocycles. The van der Waals surface area contributed by atoms with Crippen LogP contribution >= 0.6 is 11.3 Å². The number of primary sulfonamides is 1. The van der Waals surface area contributed by atoms with Gasteiger partial charge in [0.15, 0.2) is 0 Å². The Labute approximate surface area is 180 Å². The molecular weight excluding hydrogens is 423 g/mol. The van der Waals surface area contributed by atoms with Crippen molar-refractivity contribution in [3.05, 3.63) is 76.9 Å². The number of hydrogen-bond acceptors (Lipinski definition) is 4. The number of carbonyl (C=O) groups is 1. The van der Waals surface area contributed by atoms with E-state index in [0.29, 0.717) is 6.54 Å². The van der Waals surface area contributed by atoms with Gasteiger partial charge >= 0.3 is 0 Å². The van der Waals surface area contributed by atoms with Gasteiger partial charge in [-0.25, -0.2) is 17.9 Å². The molecule has 1 heterocycles. The standard InChI is InChI=1S/C22H23FN2O3S2/c1-15(2)25(22(26)13-16-3-10-20(11-4-16)30(24,27)28)14-19-9-12-21(29-19)17-5-7-18(23)8-6-17/h3-12,15H,13-14H2,1-2H3,(H2,24,27,28). The smallest absolute Gasteiger partial charge is 0.238 e. The zero-order chi connectivity index (χ0) is 21.9. The molecule has 0 aliphatic carbocycles. The highest BCUT2D eigenvalue weighted by Gasteiger charge is 2.19. The molecule has 8 heteroatoms. The van der Waals surface area contributed by atoms with Crippen molar-refractivity contribution in [2.75, 3.05) is 0 Å². The molecule has 0 bridgehead atoms. The fourth-order valence-corrected chi connectivity index (χ4v) is 4.56. The van der Waals surface area contributed by atoms with Crippen LogP contribution in [0.5, 0.6) is 0 Å². The van der Waals surface area contributed by atoms with E-state index in [-0.39, 0.29) is 29.1 Å². The Balaban J connectivity index is 1.71. The van der Waals surface area contributed by atoms with Gasteiger partial charge in [-0.05, 0) is 61.4 Å². The SMILES string of the molecule is CC(C)N(Cc1ccc(-c2ccc(F)cc2)s1)C(=O)Cc1ccc(S(N)(=O)=O)cc1. The molecule has 30 heavy (non-hydrogen) atoms. The van der Waals surface area contributed by atoms with Gasteiger partial charge < -0.3 is 4.90 Å². The van der Waals surface area contributed by atoms with Crippen molar-refractivity contribution < 1.29 is 17.6 Å². The van der Waals surface area contributed by atoms with Crippen molar-refractivity contribution in [1.29, 1.82) is 0 Å². The molecule has 0 unspecified atom stereocenters. The zero-order valence-corrected chi connectivity index (χ0v) is 18.3. The van der Waals surface area contributed by atoms with E-state index in [1.165, 1.54) is 24.3 Å².